The minimum Gasteiger partial charge on any atom is -0.344 e. The molecular weight excluding hydrogens is 450 g/mol. The number of hydrogen-bond donors (Lipinski definition) is 1. The predicted octanol–water partition coefficient (Wildman–Crippen LogP) is 3.61. The molecule has 0 unspecified atom stereocenters. The molecule has 1 amide bonds. The molecule has 3 aromatic rings. The quantitative estimate of drug-likeness (QED) is 0.556. The van der Waals surface area contributed by atoms with Crippen molar-refractivity contribution in [3.05, 3.63) is 76.9 Å². The molecule has 3 heterocycles. The average Bonchev–Trinajstić information content (AvgIpc) is 3.13. The highest BCUT2D eigenvalue weighted by Crippen LogP contribution is 2.26. The first kappa shape index (κ1) is 24.1. The molecule has 0 aliphatic carbocycles. The van der Waals surface area contributed by atoms with Crippen LogP contribution in [0.3, 0.4) is 0 Å². The van der Waals surface area contributed by atoms with E-state index in [1.54, 1.807) is 41.2 Å². The van der Waals surface area contributed by atoms with E-state index < -0.39 is 10.0 Å². The van der Waals surface area contributed by atoms with Gasteiger partial charge in [-0.25, -0.2) is 8.42 Å². The Morgan fingerprint density at radius 3 is 2.41 bits per heavy atom. The fourth-order valence-electron chi connectivity index (χ4n) is 4.36. The van der Waals surface area contributed by atoms with Gasteiger partial charge in [0, 0.05) is 24.8 Å². The summed E-state index contributed by atoms with van der Waals surface area (Å²) in [5.74, 6) is -0.175. The van der Waals surface area contributed by atoms with Crippen LogP contribution in [0.5, 0.6) is 0 Å². The van der Waals surface area contributed by atoms with E-state index in [-0.39, 0.29) is 11.9 Å². The van der Waals surface area contributed by atoms with Crippen molar-refractivity contribution in [1.29, 1.82) is 0 Å². The lowest BCUT2D eigenvalue weighted by Crippen LogP contribution is -2.36. The number of nitrogens with one attached hydrogen (secondary N) is 1. The fourth-order valence-corrected chi connectivity index (χ4v) is 6.25. The number of pyridine rings is 1. The number of nitrogens with zero attached hydrogens (tertiary/aromatic N) is 4. The zero-order chi connectivity index (χ0) is 24.3. The molecule has 8 nitrogen and oxygen atoms in total. The average molecular weight is 482 g/mol. The van der Waals surface area contributed by atoms with Crippen LogP contribution in [0, 0.1) is 13.8 Å². The molecule has 1 fully saturated rings. The Hall–Kier alpha value is -3.04. The van der Waals surface area contributed by atoms with Gasteiger partial charge in [0.05, 0.1) is 29.7 Å². The fraction of sp³-hybridized carbons (Fsp3) is 0.400. The van der Waals surface area contributed by atoms with Crippen molar-refractivity contribution in [3.8, 4) is 0 Å². The summed E-state index contributed by atoms with van der Waals surface area (Å²) >= 11 is 0. The molecule has 4 rings (SSSR count). The highest BCUT2D eigenvalue weighted by atomic mass is 32.2. The van der Waals surface area contributed by atoms with Gasteiger partial charge in [-0.3, -0.25) is 14.5 Å². The van der Waals surface area contributed by atoms with E-state index in [2.05, 4.69) is 15.4 Å². The van der Waals surface area contributed by atoms with Crippen molar-refractivity contribution in [2.45, 2.75) is 57.5 Å². The van der Waals surface area contributed by atoms with Crippen LogP contribution >= 0.6 is 0 Å². The molecular formula is C25H31N5O3S. The smallest absolute Gasteiger partial charge is 0.251 e. The Bertz CT molecular complexity index is 1250. The molecule has 34 heavy (non-hydrogen) atoms. The molecule has 1 atom stereocenters. The third kappa shape index (κ3) is 5.05. The third-order valence-electron chi connectivity index (χ3n) is 6.26. The van der Waals surface area contributed by atoms with Gasteiger partial charge in [-0.2, -0.15) is 9.40 Å². The summed E-state index contributed by atoms with van der Waals surface area (Å²) in [5, 5.41) is 7.48. The second-order valence-corrected chi connectivity index (χ2v) is 10.6. The van der Waals surface area contributed by atoms with Crippen LogP contribution < -0.4 is 5.32 Å². The number of aryl methyl sites for hydroxylation is 1. The second-order valence-electron chi connectivity index (χ2n) is 8.77. The minimum atomic E-state index is -3.56. The highest BCUT2D eigenvalue weighted by molar-refractivity contribution is 7.89. The van der Waals surface area contributed by atoms with Crippen molar-refractivity contribution in [3.63, 3.8) is 0 Å². The highest BCUT2D eigenvalue weighted by Gasteiger charge is 2.31. The van der Waals surface area contributed by atoms with Gasteiger partial charge >= 0.3 is 0 Å². The molecule has 180 valence electrons. The number of sulfonamides is 1. The first-order valence-corrected chi connectivity index (χ1v) is 13.1. The van der Waals surface area contributed by atoms with Crippen LogP contribution in [0.1, 0.15) is 65.2 Å². The lowest BCUT2D eigenvalue weighted by atomic mass is 10.1. The predicted molar refractivity (Wildman–Crippen MR) is 130 cm³/mol. The Morgan fingerprint density at radius 1 is 1.06 bits per heavy atom. The van der Waals surface area contributed by atoms with Crippen LogP contribution in [0.15, 0.2) is 53.6 Å². The van der Waals surface area contributed by atoms with Crippen LogP contribution in [0.4, 0.5) is 0 Å². The van der Waals surface area contributed by atoms with Crippen molar-refractivity contribution < 1.29 is 13.2 Å². The van der Waals surface area contributed by atoms with Gasteiger partial charge < -0.3 is 5.32 Å². The molecule has 2 aromatic heterocycles. The van der Waals surface area contributed by atoms with Gasteiger partial charge in [0.25, 0.3) is 5.91 Å². The molecule has 1 aliphatic heterocycles. The zero-order valence-electron chi connectivity index (χ0n) is 19.9. The number of piperidine rings is 1. The first-order chi connectivity index (χ1) is 16.3. The summed E-state index contributed by atoms with van der Waals surface area (Å²) in [5.41, 5.74) is 3.43. The topological polar surface area (TPSA) is 97.2 Å². The summed E-state index contributed by atoms with van der Waals surface area (Å²) in [4.78, 5) is 17.2. The second kappa shape index (κ2) is 10.1. The number of carbonyl (C=O) groups excluding carboxylic acids is 1. The molecule has 0 spiro atoms. The lowest BCUT2D eigenvalue weighted by molar-refractivity contribution is 0.0939. The summed E-state index contributed by atoms with van der Waals surface area (Å²) in [6.07, 6.45) is 4.56. The molecule has 1 N–H and O–H groups in total. The van der Waals surface area contributed by atoms with Gasteiger partial charge in [0.1, 0.15) is 4.90 Å². The Balaban J connectivity index is 1.46. The SMILES string of the molecule is Cc1nn(Cc2ccc(C(=O)N[C@@H](C)c3ccccn3)cc2)c(C)c1S(=O)(=O)N1CCCCC1. The van der Waals surface area contributed by atoms with Crippen molar-refractivity contribution in [2.75, 3.05) is 13.1 Å². The summed E-state index contributed by atoms with van der Waals surface area (Å²) < 4.78 is 29.8. The van der Waals surface area contributed by atoms with Gasteiger partial charge in [-0.1, -0.05) is 24.6 Å². The number of amides is 1. The lowest BCUT2D eigenvalue weighted by Gasteiger charge is -2.26. The van der Waals surface area contributed by atoms with E-state index in [4.69, 9.17) is 0 Å². The normalized spacial score (nSPS) is 15.7. The molecule has 1 saturated heterocycles. The van der Waals surface area contributed by atoms with Crippen LogP contribution in [0.25, 0.3) is 0 Å². The van der Waals surface area contributed by atoms with Crippen LogP contribution in [-0.4, -0.2) is 46.5 Å². The number of benzene rings is 1. The molecule has 0 bridgehead atoms. The van der Waals surface area contributed by atoms with E-state index in [0.29, 0.717) is 41.5 Å². The maximum Gasteiger partial charge on any atom is 0.251 e. The monoisotopic (exact) mass is 481 g/mol. The van der Waals surface area contributed by atoms with E-state index >= 15 is 0 Å². The molecule has 1 aromatic carbocycles. The van der Waals surface area contributed by atoms with Crippen molar-refractivity contribution >= 4 is 15.9 Å². The van der Waals surface area contributed by atoms with Crippen molar-refractivity contribution in [1.82, 2.24) is 24.4 Å². The van der Waals surface area contributed by atoms with Gasteiger partial charge in [-0.05, 0) is 63.4 Å². The summed E-state index contributed by atoms with van der Waals surface area (Å²) in [6.45, 7) is 7.00. The van der Waals surface area contributed by atoms with Gasteiger partial charge in [0.15, 0.2) is 0 Å². The van der Waals surface area contributed by atoms with Gasteiger partial charge in [0.2, 0.25) is 10.0 Å². The van der Waals surface area contributed by atoms with E-state index in [9.17, 15) is 13.2 Å². The Labute approximate surface area is 201 Å². The number of rotatable bonds is 7. The minimum absolute atomic E-state index is 0.175. The molecule has 1 aliphatic rings. The Morgan fingerprint density at radius 2 is 1.76 bits per heavy atom. The molecule has 0 saturated carbocycles. The maximum absolute atomic E-state index is 13.2. The van der Waals surface area contributed by atoms with Gasteiger partial charge in [-0.15, -0.1) is 0 Å². The first-order valence-electron chi connectivity index (χ1n) is 11.6. The van der Waals surface area contributed by atoms with E-state index in [1.165, 1.54) is 0 Å². The summed E-state index contributed by atoms with van der Waals surface area (Å²) in [6, 6.07) is 12.7. The molecule has 0 radical (unpaired) electrons. The van der Waals surface area contributed by atoms with Crippen LogP contribution in [-0.2, 0) is 16.6 Å². The largest absolute Gasteiger partial charge is 0.344 e. The number of hydrogen-bond acceptors (Lipinski definition) is 5. The third-order valence-corrected chi connectivity index (χ3v) is 8.41. The van der Waals surface area contributed by atoms with Crippen molar-refractivity contribution in [2.24, 2.45) is 0 Å². The number of carbonyl (C=O) groups is 1. The molecule has 9 heteroatoms. The number of aromatic nitrogens is 3. The maximum atomic E-state index is 13.2. The summed E-state index contributed by atoms with van der Waals surface area (Å²) in [7, 11) is -3.56. The standard InChI is InChI=1S/C25H31N5O3S/c1-18(23-9-5-6-14-26-23)27-25(31)22-12-10-21(11-13-22)17-30-20(3)24(19(2)28-30)34(32,33)29-15-7-4-8-16-29/h5-6,9-14,18H,4,7-8,15-17H2,1-3H3,(H,27,31)/t18-/m0/s1. The zero-order valence-corrected chi connectivity index (χ0v) is 20.7. The Kier molecular flexibility index (Phi) is 7.13. The van der Waals surface area contributed by atoms with E-state index in [1.807, 2.05) is 37.3 Å². The van der Waals surface area contributed by atoms with E-state index in [0.717, 1.165) is 30.5 Å². The van der Waals surface area contributed by atoms with Crippen LogP contribution in [0.2, 0.25) is 0 Å².